The largest absolute Gasteiger partial charge is 0.489 e. The molecule has 0 spiro atoms. The molecule has 1 amide bonds. The quantitative estimate of drug-likeness (QED) is 0.450. The maximum atomic E-state index is 13.4. The number of carbonyl (C=O) groups is 1. The van der Waals surface area contributed by atoms with Crippen molar-refractivity contribution in [2.45, 2.75) is 82.4 Å². The van der Waals surface area contributed by atoms with Crippen LogP contribution in [-0.2, 0) is 6.42 Å². The van der Waals surface area contributed by atoms with Crippen LogP contribution in [0.4, 0.5) is 5.69 Å². The van der Waals surface area contributed by atoms with Gasteiger partial charge in [0, 0.05) is 41.4 Å². The first-order chi connectivity index (χ1) is 17.5. The predicted molar refractivity (Wildman–Crippen MR) is 145 cm³/mol. The molecule has 1 aliphatic carbocycles. The van der Waals surface area contributed by atoms with Crippen molar-refractivity contribution in [2.75, 3.05) is 18.5 Å². The zero-order valence-corrected chi connectivity index (χ0v) is 21.9. The average molecular weight is 503 g/mol. The Morgan fingerprint density at radius 2 is 1.75 bits per heavy atom. The Hall–Kier alpha value is -2.48. The summed E-state index contributed by atoms with van der Waals surface area (Å²) in [5.41, 5.74) is 3.71. The summed E-state index contributed by atoms with van der Waals surface area (Å²) in [6.07, 6.45) is 12.0. The third-order valence-corrected chi connectivity index (χ3v) is 9.08. The molecule has 3 fully saturated rings. The molecule has 3 atom stereocenters. The molecule has 188 valence electrons. The van der Waals surface area contributed by atoms with Gasteiger partial charge in [0.05, 0.1) is 5.02 Å². The van der Waals surface area contributed by atoms with Crippen LogP contribution in [0, 0.1) is 17.8 Å². The first-order valence-electron chi connectivity index (χ1n) is 13.7. The van der Waals surface area contributed by atoms with Crippen molar-refractivity contribution in [3.63, 3.8) is 0 Å². The van der Waals surface area contributed by atoms with Crippen molar-refractivity contribution in [3.05, 3.63) is 58.1 Å². The van der Waals surface area contributed by atoms with E-state index < -0.39 is 0 Å². The molecule has 2 saturated heterocycles. The Labute approximate surface area is 219 Å². The Morgan fingerprint density at radius 1 is 0.972 bits per heavy atom. The van der Waals surface area contributed by atoms with Crippen LogP contribution in [0.5, 0.6) is 5.75 Å². The van der Waals surface area contributed by atoms with Crippen LogP contribution in [0.15, 0.2) is 36.4 Å². The van der Waals surface area contributed by atoms with Crippen molar-refractivity contribution in [1.29, 1.82) is 0 Å². The summed E-state index contributed by atoms with van der Waals surface area (Å²) in [5, 5.41) is 0.575. The van der Waals surface area contributed by atoms with Crippen molar-refractivity contribution in [1.82, 2.24) is 4.90 Å². The number of piperidine rings is 1. The second-order valence-corrected chi connectivity index (χ2v) is 11.5. The monoisotopic (exact) mass is 502 g/mol. The maximum absolute atomic E-state index is 13.4. The highest BCUT2D eigenvalue weighted by Gasteiger charge is 2.39. The SMILES string of the molecule is CN1[C@@H]2CC[C@H]1C[C@@H](Oc1ccc(N3CCc4cc(C#CC5CCCCC5)ccc4C3=O)cc1Cl)C2. The Morgan fingerprint density at radius 3 is 2.50 bits per heavy atom. The fraction of sp³-hybridized carbons (Fsp3) is 0.516. The molecule has 2 aromatic rings. The topological polar surface area (TPSA) is 32.8 Å². The lowest BCUT2D eigenvalue weighted by Gasteiger charge is -2.36. The lowest BCUT2D eigenvalue weighted by atomic mass is 9.89. The number of hydrogen-bond acceptors (Lipinski definition) is 3. The van der Waals surface area contributed by atoms with Gasteiger partial charge < -0.3 is 14.5 Å². The molecule has 2 bridgehead atoms. The molecule has 1 saturated carbocycles. The highest BCUT2D eigenvalue weighted by atomic mass is 35.5. The number of carbonyl (C=O) groups excluding carboxylic acids is 1. The summed E-state index contributed by atoms with van der Waals surface area (Å²) in [4.78, 5) is 17.7. The normalized spacial score (nSPS) is 26.3. The second kappa shape index (κ2) is 10.1. The third-order valence-electron chi connectivity index (χ3n) is 8.79. The zero-order chi connectivity index (χ0) is 24.6. The highest BCUT2D eigenvalue weighted by molar-refractivity contribution is 6.32. The average Bonchev–Trinajstić information content (AvgIpc) is 3.09. The zero-order valence-electron chi connectivity index (χ0n) is 21.1. The molecular formula is C31H35ClN2O2. The summed E-state index contributed by atoms with van der Waals surface area (Å²) in [7, 11) is 2.24. The fourth-order valence-electron chi connectivity index (χ4n) is 6.64. The fourth-order valence-corrected chi connectivity index (χ4v) is 6.85. The molecule has 2 aromatic carbocycles. The van der Waals surface area contributed by atoms with Gasteiger partial charge in [-0.05, 0) is 94.0 Å². The number of hydrogen-bond donors (Lipinski definition) is 0. The molecule has 36 heavy (non-hydrogen) atoms. The predicted octanol–water partition coefficient (Wildman–Crippen LogP) is 6.48. The minimum atomic E-state index is 0.0275. The third kappa shape index (κ3) is 4.76. The number of halogens is 1. The van der Waals surface area contributed by atoms with Crippen molar-refractivity contribution >= 4 is 23.2 Å². The number of ether oxygens (including phenoxy) is 1. The number of rotatable bonds is 3. The van der Waals surface area contributed by atoms with Gasteiger partial charge >= 0.3 is 0 Å². The van der Waals surface area contributed by atoms with Crippen LogP contribution in [-0.4, -0.2) is 42.6 Å². The van der Waals surface area contributed by atoms with Gasteiger partial charge in [0.25, 0.3) is 5.91 Å². The van der Waals surface area contributed by atoms with E-state index in [1.165, 1.54) is 44.9 Å². The van der Waals surface area contributed by atoms with Gasteiger partial charge in [-0.25, -0.2) is 0 Å². The van der Waals surface area contributed by atoms with Crippen LogP contribution in [0.3, 0.4) is 0 Å². The summed E-state index contributed by atoms with van der Waals surface area (Å²) < 4.78 is 6.35. The first-order valence-corrected chi connectivity index (χ1v) is 14.1. The van der Waals surface area contributed by atoms with Crippen molar-refractivity contribution < 1.29 is 9.53 Å². The van der Waals surface area contributed by atoms with E-state index in [0.717, 1.165) is 47.4 Å². The Bertz CT molecular complexity index is 1190. The van der Waals surface area contributed by atoms with Crippen LogP contribution < -0.4 is 9.64 Å². The second-order valence-electron chi connectivity index (χ2n) is 11.1. The van der Waals surface area contributed by atoms with Crippen molar-refractivity contribution in [2.24, 2.45) is 5.92 Å². The highest BCUT2D eigenvalue weighted by Crippen LogP contribution is 2.38. The van der Waals surface area contributed by atoms with Crippen LogP contribution in [0.25, 0.3) is 0 Å². The molecule has 3 heterocycles. The molecule has 4 nitrogen and oxygen atoms in total. The molecule has 0 N–H and O–H groups in total. The number of nitrogens with zero attached hydrogens (tertiary/aromatic N) is 2. The summed E-state index contributed by atoms with van der Waals surface area (Å²) in [5.74, 6) is 8.12. The van der Waals surface area contributed by atoms with Crippen LogP contribution in [0.1, 0.15) is 79.3 Å². The summed E-state index contributed by atoms with van der Waals surface area (Å²) in [6.45, 7) is 0.639. The maximum Gasteiger partial charge on any atom is 0.258 e. The minimum Gasteiger partial charge on any atom is -0.489 e. The number of fused-ring (bicyclic) bond motifs is 3. The van der Waals surface area contributed by atoms with E-state index in [0.29, 0.717) is 29.6 Å². The first kappa shape index (κ1) is 23.9. The van der Waals surface area contributed by atoms with E-state index in [2.05, 4.69) is 29.9 Å². The number of anilines is 1. The lowest BCUT2D eigenvalue weighted by Crippen LogP contribution is -2.43. The van der Waals surface area contributed by atoms with Gasteiger partial charge in [-0.15, -0.1) is 0 Å². The molecule has 4 aliphatic rings. The van der Waals surface area contributed by atoms with E-state index in [1.807, 2.05) is 35.2 Å². The van der Waals surface area contributed by atoms with Gasteiger partial charge in [-0.3, -0.25) is 4.79 Å². The number of benzene rings is 2. The molecule has 5 heteroatoms. The Balaban J connectivity index is 1.14. The van der Waals surface area contributed by atoms with Gasteiger partial charge in [-0.1, -0.05) is 42.7 Å². The van der Waals surface area contributed by atoms with Gasteiger partial charge in [-0.2, -0.15) is 0 Å². The van der Waals surface area contributed by atoms with Crippen molar-refractivity contribution in [3.8, 4) is 17.6 Å². The summed E-state index contributed by atoms with van der Waals surface area (Å²) in [6, 6.07) is 13.1. The van der Waals surface area contributed by atoms with Gasteiger partial charge in [0.2, 0.25) is 0 Å². The summed E-state index contributed by atoms with van der Waals surface area (Å²) >= 11 is 6.66. The molecule has 0 radical (unpaired) electrons. The van der Waals surface area contributed by atoms with E-state index in [1.54, 1.807) is 0 Å². The molecule has 6 rings (SSSR count). The standard InChI is InChI=1S/C31H35ClN2O2/c1-33-24-10-11-25(33)19-27(18-24)36-30-14-12-26(20-29(30)32)34-16-15-23-17-22(9-13-28(23)31(34)35)8-7-21-5-3-2-4-6-21/h9,12-14,17,20-21,24-25,27H,2-6,10-11,15-16,18-19H2,1H3/t24-,25+,27+. The van der Waals surface area contributed by atoms with E-state index in [-0.39, 0.29) is 12.0 Å². The van der Waals surface area contributed by atoms with E-state index in [9.17, 15) is 4.79 Å². The smallest absolute Gasteiger partial charge is 0.258 e. The lowest BCUT2D eigenvalue weighted by molar-refractivity contribution is 0.0662. The van der Waals surface area contributed by atoms with Gasteiger partial charge in [0.1, 0.15) is 11.9 Å². The molecule has 3 aliphatic heterocycles. The molecular weight excluding hydrogens is 468 g/mol. The molecule has 0 aromatic heterocycles. The Kier molecular flexibility index (Phi) is 6.71. The van der Waals surface area contributed by atoms with Gasteiger partial charge in [0.15, 0.2) is 0 Å². The van der Waals surface area contributed by atoms with E-state index in [4.69, 9.17) is 16.3 Å². The number of amides is 1. The van der Waals surface area contributed by atoms with Crippen LogP contribution in [0.2, 0.25) is 5.02 Å². The van der Waals surface area contributed by atoms with E-state index >= 15 is 0 Å². The minimum absolute atomic E-state index is 0.0275. The molecule has 0 unspecified atom stereocenters. The van der Waals surface area contributed by atoms with Crippen LogP contribution >= 0.6 is 11.6 Å².